The molecule has 7 nitrogen and oxygen atoms in total. The maximum absolute atomic E-state index is 12.3. The highest BCUT2D eigenvalue weighted by molar-refractivity contribution is 6.30. The van der Waals surface area contributed by atoms with Crippen molar-refractivity contribution in [3.05, 3.63) is 53.1 Å². The number of hydrogen-bond acceptors (Lipinski definition) is 5. The molecule has 172 valence electrons. The van der Waals surface area contributed by atoms with Crippen LogP contribution in [-0.2, 0) is 4.79 Å². The molecule has 2 aromatic rings. The normalized spacial score (nSPS) is 14.2. The number of nitrogens with one attached hydrogen (secondary N) is 1. The fourth-order valence-corrected chi connectivity index (χ4v) is 3.76. The van der Waals surface area contributed by atoms with E-state index in [1.54, 1.807) is 18.2 Å². The Morgan fingerprint density at radius 1 is 1.09 bits per heavy atom. The number of carboxylic acid groups (broad SMARTS) is 1. The first-order valence-electron chi connectivity index (χ1n) is 11.0. The Kier molecular flexibility index (Phi) is 8.76. The number of carbonyl (C=O) groups excluding carboxylic acids is 1. The summed E-state index contributed by atoms with van der Waals surface area (Å²) in [6.07, 6.45) is 2.16. The van der Waals surface area contributed by atoms with Crippen molar-refractivity contribution in [2.45, 2.75) is 26.2 Å². The van der Waals surface area contributed by atoms with E-state index < -0.39 is 5.97 Å². The Morgan fingerprint density at radius 3 is 2.47 bits per heavy atom. The number of benzene rings is 2. The van der Waals surface area contributed by atoms with Gasteiger partial charge in [0.1, 0.15) is 12.4 Å². The highest BCUT2D eigenvalue weighted by Gasteiger charge is 2.21. The van der Waals surface area contributed by atoms with Crippen LogP contribution in [0.1, 0.15) is 36.5 Å². The van der Waals surface area contributed by atoms with Gasteiger partial charge >= 0.3 is 5.97 Å². The lowest BCUT2D eigenvalue weighted by Crippen LogP contribution is -2.47. The summed E-state index contributed by atoms with van der Waals surface area (Å²) in [5.41, 5.74) is 1.58. The van der Waals surface area contributed by atoms with Gasteiger partial charge in [-0.15, -0.1) is 0 Å². The van der Waals surface area contributed by atoms with Crippen molar-refractivity contribution >= 4 is 34.9 Å². The second-order valence-electron chi connectivity index (χ2n) is 7.82. The Labute approximate surface area is 193 Å². The van der Waals surface area contributed by atoms with Crippen molar-refractivity contribution in [1.82, 2.24) is 4.90 Å². The number of unbranched alkanes of at least 4 members (excludes halogenated alkanes) is 1. The molecule has 8 heteroatoms. The number of carboxylic acids is 1. The predicted octanol–water partition coefficient (Wildman–Crippen LogP) is 4.37. The molecule has 0 atom stereocenters. The molecular formula is C24H30ClN3O4. The summed E-state index contributed by atoms with van der Waals surface area (Å²) in [7, 11) is 0. The second kappa shape index (κ2) is 11.7. The average Bonchev–Trinajstić information content (AvgIpc) is 2.79. The van der Waals surface area contributed by atoms with Crippen molar-refractivity contribution in [3.8, 4) is 5.75 Å². The number of carbonyl (C=O) groups is 2. The van der Waals surface area contributed by atoms with E-state index >= 15 is 0 Å². The van der Waals surface area contributed by atoms with Crippen LogP contribution in [0.4, 0.5) is 11.4 Å². The van der Waals surface area contributed by atoms with E-state index in [-0.39, 0.29) is 11.5 Å². The van der Waals surface area contributed by atoms with Crippen molar-refractivity contribution in [1.29, 1.82) is 0 Å². The van der Waals surface area contributed by atoms with Gasteiger partial charge in [-0.3, -0.25) is 9.69 Å². The van der Waals surface area contributed by atoms with Gasteiger partial charge in [0.15, 0.2) is 0 Å². The van der Waals surface area contributed by atoms with Gasteiger partial charge in [0.2, 0.25) is 5.91 Å². The van der Waals surface area contributed by atoms with Crippen LogP contribution in [0.15, 0.2) is 42.5 Å². The van der Waals surface area contributed by atoms with E-state index in [9.17, 15) is 14.7 Å². The lowest BCUT2D eigenvalue weighted by molar-refractivity contribution is -0.116. The predicted molar refractivity (Wildman–Crippen MR) is 127 cm³/mol. The third kappa shape index (κ3) is 6.87. The number of anilines is 2. The van der Waals surface area contributed by atoms with E-state index in [0.29, 0.717) is 23.7 Å². The first-order chi connectivity index (χ1) is 15.5. The maximum atomic E-state index is 12.3. The fraction of sp³-hybridized carbons (Fsp3) is 0.417. The molecule has 0 radical (unpaired) electrons. The highest BCUT2D eigenvalue weighted by atomic mass is 35.5. The molecule has 0 unspecified atom stereocenters. The number of nitrogens with zero attached hydrogens (tertiary/aromatic N) is 2. The molecule has 1 amide bonds. The van der Waals surface area contributed by atoms with E-state index in [4.69, 9.17) is 16.3 Å². The average molecular weight is 460 g/mol. The molecule has 1 fully saturated rings. The van der Waals surface area contributed by atoms with Crippen molar-refractivity contribution in [2.24, 2.45) is 0 Å². The monoisotopic (exact) mass is 459 g/mol. The minimum absolute atomic E-state index is 0.0892. The van der Waals surface area contributed by atoms with Crippen molar-refractivity contribution < 1.29 is 19.4 Å². The number of hydrogen-bond donors (Lipinski definition) is 2. The molecule has 1 saturated heterocycles. The first-order valence-corrected chi connectivity index (χ1v) is 11.4. The quantitative estimate of drug-likeness (QED) is 0.549. The molecule has 1 aliphatic heterocycles. The molecule has 32 heavy (non-hydrogen) atoms. The smallest absolute Gasteiger partial charge is 0.335 e. The van der Waals surface area contributed by atoms with E-state index in [1.807, 2.05) is 31.2 Å². The Morgan fingerprint density at radius 2 is 1.81 bits per heavy atom. The van der Waals surface area contributed by atoms with Gasteiger partial charge in [0.25, 0.3) is 0 Å². The highest BCUT2D eigenvalue weighted by Crippen LogP contribution is 2.29. The zero-order valence-corrected chi connectivity index (χ0v) is 19.1. The van der Waals surface area contributed by atoms with Gasteiger partial charge in [-0.25, -0.2) is 4.79 Å². The Hall–Kier alpha value is -2.77. The Balaban J connectivity index is 1.56. The summed E-state index contributed by atoms with van der Waals surface area (Å²) in [4.78, 5) is 28.2. The van der Waals surface area contributed by atoms with E-state index in [2.05, 4.69) is 15.1 Å². The number of piperazine rings is 1. The topological polar surface area (TPSA) is 82.1 Å². The number of aromatic carboxylic acids is 1. The zero-order chi connectivity index (χ0) is 22.9. The van der Waals surface area contributed by atoms with Crippen LogP contribution in [0.2, 0.25) is 5.02 Å². The molecule has 2 aromatic carbocycles. The molecule has 2 N–H and O–H groups in total. The Bertz CT molecular complexity index is 912. The van der Waals surface area contributed by atoms with Crippen molar-refractivity contribution in [2.75, 3.05) is 49.5 Å². The summed E-state index contributed by atoms with van der Waals surface area (Å²) in [5.74, 6) is -0.297. The van der Waals surface area contributed by atoms with Gasteiger partial charge in [-0.05, 0) is 48.9 Å². The largest absolute Gasteiger partial charge is 0.492 e. The SMILES string of the molecule is CCCCC(=O)Nc1cc(C(=O)O)ccc1N1CCN(CCOc2ccc(Cl)cc2)CC1. The van der Waals surface area contributed by atoms with Crippen LogP contribution in [-0.4, -0.2) is 61.2 Å². The van der Waals surface area contributed by atoms with Crippen LogP contribution in [0.5, 0.6) is 5.75 Å². The molecule has 0 aromatic heterocycles. The van der Waals surface area contributed by atoms with Crippen LogP contribution < -0.4 is 15.0 Å². The number of ether oxygens (including phenoxy) is 1. The molecule has 0 bridgehead atoms. The van der Waals surface area contributed by atoms with Gasteiger partial charge in [-0.2, -0.15) is 0 Å². The third-order valence-corrected chi connectivity index (χ3v) is 5.73. The maximum Gasteiger partial charge on any atom is 0.335 e. The van der Waals surface area contributed by atoms with Crippen LogP contribution >= 0.6 is 11.6 Å². The summed E-state index contributed by atoms with van der Waals surface area (Å²) in [5, 5.41) is 13.0. The van der Waals surface area contributed by atoms with E-state index in [1.165, 1.54) is 0 Å². The first kappa shape index (κ1) is 23.9. The number of rotatable bonds is 10. The zero-order valence-electron chi connectivity index (χ0n) is 18.3. The summed E-state index contributed by atoms with van der Waals surface area (Å²) < 4.78 is 5.79. The van der Waals surface area contributed by atoms with Crippen LogP contribution in [0, 0.1) is 0 Å². The lowest BCUT2D eigenvalue weighted by Gasteiger charge is -2.37. The standard InChI is InChI=1S/C24H30ClN3O4/c1-2-3-4-23(29)26-21-17-18(24(30)31)5-10-22(21)28-13-11-27(12-14-28)15-16-32-20-8-6-19(25)7-9-20/h5-10,17H,2-4,11-16H2,1H3,(H,26,29)(H,30,31). The summed E-state index contributed by atoms with van der Waals surface area (Å²) in [6, 6.07) is 12.3. The fourth-order valence-electron chi connectivity index (χ4n) is 3.63. The molecule has 1 aliphatic rings. The molecule has 0 spiro atoms. The molecular weight excluding hydrogens is 430 g/mol. The van der Waals surface area contributed by atoms with Crippen molar-refractivity contribution in [3.63, 3.8) is 0 Å². The minimum atomic E-state index is -1.01. The van der Waals surface area contributed by atoms with Crippen LogP contribution in [0.3, 0.4) is 0 Å². The van der Waals surface area contributed by atoms with Gasteiger partial charge in [0.05, 0.1) is 16.9 Å². The molecule has 0 aliphatic carbocycles. The van der Waals surface area contributed by atoms with Gasteiger partial charge < -0.3 is 20.1 Å². The lowest BCUT2D eigenvalue weighted by atomic mass is 10.1. The second-order valence-corrected chi connectivity index (χ2v) is 8.26. The number of halogens is 1. The number of amides is 1. The van der Waals surface area contributed by atoms with E-state index in [0.717, 1.165) is 57.0 Å². The third-order valence-electron chi connectivity index (χ3n) is 5.48. The summed E-state index contributed by atoms with van der Waals surface area (Å²) in [6.45, 7) is 6.71. The molecule has 1 heterocycles. The minimum Gasteiger partial charge on any atom is -0.492 e. The van der Waals surface area contributed by atoms with Gasteiger partial charge in [-0.1, -0.05) is 24.9 Å². The summed E-state index contributed by atoms with van der Waals surface area (Å²) >= 11 is 5.90. The molecule has 3 rings (SSSR count). The molecule has 0 saturated carbocycles. The van der Waals surface area contributed by atoms with Crippen LogP contribution in [0.25, 0.3) is 0 Å². The van der Waals surface area contributed by atoms with Gasteiger partial charge in [0, 0.05) is 44.2 Å².